The van der Waals surface area contributed by atoms with Crippen LogP contribution in [0.4, 0.5) is 0 Å². The lowest BCUT2D eigenvalue weighted by Gasteiger charge is -2.22. The lowest BCUT2D eigenvalue weighted by atomic mass is 10.0. The maximum Gasteiger partial charge on any atom is 0.251 e. The molecule has 1 fully saturated rings. The van der Waals surface area contributed by atoms with Crippen LogP contribution >= 0.6 is 0 Å². The molecule has 2 aromatic carbocycles. The maximum atomic E-state index is 12.3. The highest BCUT2D eigenvalue weighted by molar-refractivity contribution is 5.94. The minimum atomic E-state index is -0.0395. The Morgan fingerprint density at radius 3 is 2.68 bits per heavy atom. The van der Waals surface area contributed by atoms with Crippen molar-refractivity contribution < 1.29 is 14.3 Å². The SMILES string of the molecule is COc1ccccc1-c1ccc(C(=O)NCCC2CCCCO2)cc1. The number of carbonyl (C=O) groups is 1. The van der Waals surface area contributed by atoms with Gasteiger partial charge in [-0.25, -0.2) is 0 Å². The van der Waals surface area contributed by atoms with Crippen molar-refractivity contribution in [2.24, 2.45) is 0 Å². The minimum Gasteiger partial charge on any atom is -0.496 e. The Labute approximate surface area is 149 Å². The van der Waals surface area contributed by atoms with Crippen molar-refractivity contribution in [1.29, 1.82) is 0 Å². The normalized spacial score (nSPS) is 17.1. The number of amides is 1. The van der Waals surface area contributed by atoms with Gasteiger partial charge in [0, 0.05) is 24.3 Å². The molecule has 25 heavy (non-hydrogen) atoms. The van der Waals surface area contributed by atoms with E-state index in [4.69, 9.17) is 9.47 Å². The van der Waals surface area contributed by atoms with Crippen molar-refractivity contribution in [3.8, 4) is 16.9 Å². The summed E-state index contributed by atoms with van der Waals surface area (Å²) in [5.74, 6) is 0.787. The third kappa shape index (κ3) is 4.60. The van der Waals surface area contributed by atoms with Crippen molar-refractivity contribution >= 4 is 5.91 Å². The first-order valence-corrected chi connectivity index (χ1v) is 8.91. The first-order chi connectivity index (χ1) is 12.3. The summed E-state index contributed by atoms with van der Waals surface area (Å²) in [4.78, 5) is 12.3. The largest absolute Gasteiger partial charge is 0.496 e. The fourth-order valence-electron chi connectivity index (χ4n) is 3.17. The lowest BCUT2D eigenvalue weighted by Crippen LogP contribution is -2.29. The molecule has 1 aliphatic heterocycles. The number of hydrogen-bond acceptors (Lipinski definition) is 3. The minimum absolute atomic E-state index is 0.0395. The molecule has 2 aromatic rings. The van der Waals surface area contributed by atoms with E-state index in [9.17, 15) is 4.79 Å². The molecule has 1 aliphatic rings. The molecule has 4 nitrogen and oxygen atoms in total. The third-order valence-corrected chi connectivity index (χ3v) is 4.59. The predicted molar refractivity (Wildman–Crippen MR) is 99.0 cm³/mol. The van der Waals surface area contributed by atoms with Crippen LogP contribution in [0.25, 0.3) is 11.1 Å². The second kappa shape index (κ2) is 8.67. The average Bonchev–Trinajstić information content (AvgIpc) is 2.69. The summed E-state index contributed by atoms with van der Waals surface area (Å²) in [5, 5.41) is 2.98. The summed E-state index contributed by atoms with van der Waals surface area (Å²) in [5.41, 5.74) is 2.72. The Bertz CT molecular complexity index is 691. The first-order valence-electron chi connectivity index (χ1n) is 8.91. The molecule has 1 unspecified atom stereocenters. The Kier molecular flexibility index (Phi) is 6.07. The number of hydrogen-bond donors (Lipinski definition) is 1. The second-order valence-corrected chi connectivity index (χ2v) is 6.31. The van der Waals surface area contributed by atoms with E-state index < -0.39 is 0 Å². The number of ether oxygens (including phenoxy) is 2. The van der Waals surface area contributed by atoms with Crippen LogP contribution in [0.1, 0.15) is 36.0 Å². The molecule has 0 radical (unpaired) electrons. The lowest BCUT2D eigenvalue weighted by molar-refractivity contribution is 0.0117. The summed E-state index contributed by atoms with van der Waals surface area (Å²) in [6.45, 7) is 1.50. The maximum absolute atomic E-state index is 12.3. The summed E-state index contributed by atoms with van der Waals surface area (Å²) >= 11 is 0. The van der Waals surface area contributed by atoms with Crippen molar-refractivity contribution in [1.82, 2.24) is 5.32 Å². The number of nitrogens with one attached hydrogen (secondary N) is 1. The van der Waals surface area contributed by atoms with E-state index in [-0.39, 0.29) is 5.91 Å². The molecule has 0 spiro atoms. The highest BCUT2D eigenvalue weighted by Gasteiger charge is 2.14. The second-order valence-electron chi connectivity index (χ2n) is 6.31. The summed E-state index contributed by atoms with van der Waals surface area (Å²) in [6.07, 6.45) is 4.65. The molecule has 1 atom stereocenters. The molecule has 132 valence electrons. The summed E-state index contributed by atoms with van der Waals surface area (Å²) in [7, 11) is 1.66. The topological polar surface area (TPSA) is 47.6 Å². The molecule has 1 heterocycles. The van der Waals surface area contributed by atoms with Crippen LogP contribution < -0.4 is 10.1 Å². The Morgan fingerprint density at radius 2 is 1.96 bits per heavy atom. The van der Waals surface area contributed by atoms with Crippen molar-refractivity contribution in [3.05, 3.63) is 54.1 Å². The van der Waals surface area contributed by atoms with Crippen LogP contribution in [-0.4, -0.2) is 32.3 Å². The quantitative estimate of drug-likeness (QED) is 0.864. The van der Waals surface area contributed by atoms with E-state index in [2.05, 4.69) is 5.32 Å². The van der Waals surface area contributed by atoms with E-state index in [1.165, 1.54) is 6.42 Å². The van der Waals surface area contributed by atoms with E-state index in [1.807, 2.05) is 48.5 Å². The molecule has 0 bridgehead atoms. The van der Waals surface area contributed by atoms with Gasteiger partial charge in [0.25, 0.3) is 5.91 Å². The van der Waals surface area contributed by atoms with Gasteiger partial charge in [-0.1, -0.05) is 30.3 Å². The highest BCUT2D eigenvalue weighted by Crippen LogP contribution is 2.29. The Balaban J connectivity index is 1.57. The first kappa shape index (κ1) is 17.5. The van der Waals surface area contributed by atoms with Gasteiger partial charge in [-0.15, -0.1) is 0 Å². The molecule has 0 aliphatic carbocycles. The molecule has 0 saturated carbocycles. The van der Waals surface area contributed by atoms with Gasteiger partial charge in [-0.2, -0.15) is 0 Å². The number of para-hydroxylation sites is 1. The van der Waals surface area contributed by atoms with Crippen LogP contribution in [0.5, 0.6) is 5.75 Å². The zero-order valence-electron chi connectivity index (χ0n) is 14.7. The predicted octanol–water partition coefficient (Wildman–Crippen LogP) is 4.05. The number of benzene rings is 2. The van der Waals surface area contributed by atoms with Gasteiger partial charge in [0.15, 0.2) is 0 Å². The molecule has 1 N–H and O–H groups in total. The van der Waals surface area contributed by atoms with E-state index >= 15 is 0 Å². The molecule has 1 saturated heterocycles. The van der Waals surface area contributed by atoms with Crippen molar-refractivity contribution in [2.75, 3.05) is 20.3 Å². The van der Waals surface area contributed by atoms with Crippen LogP contribution in [0.2, 0.25) is 0 Å². The Morgan fingerprint density at radius 1 is 1.16 bits per heavy atom. The molecule has 0 aromatic heterocycles. The molecule has 3 rings (SSSR count). The average molecular weight is 339 g/mol. The molecular formula is C21H25NO3. The fourth-order valence-corrected chi connectivity index (χ4v) is 3.17. The zero-order valence-corrected chi connectivity index (χ0v) is 14.7. The highest BCUT2D eigenvalue weighted by atomic mass is 16.5. The third-order valence-electron chi connectivity index (χ3n) is 4.59. The molecular weight excluding hydrogens is 314 g/mol. The zero-order chi connectivity index (χ0) is 17.5. The molecule has 1 amide bonds. The standard InChI is InChI=1S/C21H25NO3/c1-24-20-8-3-2-7-19(20)16-9-11-17(12-10-16)21(23)22-14-13-18-6-4-5-15-25-18/h2-3,7-12,18H,4-6,13-15H2,1H3,(H,22,23). The van der Waals surface area contributed by atoms with Gasteiger partial charge in [0.1, 0.15) is 5.75 Å². The smallest absolute Gasteiger partial charge is 0.251 e. The molecule has 4 heteroatoms. The van der Waals surface area contributed by atoms with Crippen LogP contribution in [-0.2, 0) is 4.74 Å². The monoisotopic (exact) mass is 339 g/mol. The van der Waals surface area contributed by atoms with Gasteiger partial charge in [0.05, 0.1) is 13.2 Å². The van der Waals surface area contributed by atoms with Gasteiger partial charge in [-0.3, -0.25) is 4.79 Å². The van der Waals surface area contributed by atoms with Gasteiger partial charge >= 0.3 is 0 Å². The van der Waals surface area contributed by atoms with Gasteiger partial charge in [-0.05, 0) is 49.4 Å². The van der Waals surface area contributed by atoms with E-state index in [0.717, 1.165) is 42.7 Å². The number of rotatable bonds is 6. The van der Waals surface area contributed by atoms with E-state index in [1.54, 1.807) is 7.11 Å². The summed E-state index contributed by atoms with van der Waals surface area (Å²) in [6, 6.07) is 15.5. The van der Waals surface area contributed by atoms with Gasteiger partial charge < -0.3 is 14.8 Å². The van der Waals surface area contributed by atoms with Crippen LogP contribution in [0, 0.1) is 0 Å². The number of methoxy groups -OCH3 is 1. The fraction of sp³-hybridized carbons (Fsp3) is 0.381. The van der Waals surface area contributed by atoms with Crippen molar-refractivity contribution in [3.63, 3.8) is 0 Å². The Hall–Kier alpha value is -2.33. The number of carbonyl (C=O) groups excluding carboxylic acids is 1. The van der Waals surface area contributed by atoms with Gasteiger partial charge in [0.2, 0.25) is 0 Å². The van der Waals surface area contributed by atoms with Crippen LogP contribution in [0.15, 0.2) is 48.5 Å². The van der Waals surface area contributed by atoms with E-state index in [0.29, 0.717) is 18.2 Å². The summed E-state index contributed by atoms with van der Waals surface area (Å²) < 4.78 is 11.1. The van der Waals surface area contributed by atoms with Crippen LogP contribution in [0.3, 0.4) is 0 Å². The van der Waals surface area contributed by atoms with Crippen molar-refractivity contribution in [2.45, 2.75) is 31.8 Å².